The van der Waals surface area contributed by atoms with E-state index in [-0.39, 0.29) is 48.6 Å². The molecule has 0 unspecified atom stereocenters. The molecule has 18 heteroatoms. The normalized spacial score (nSPS) is 13.8. The highest BCUT2D eigenvalue weighted by molar-refractivity contribution is 5.94. The molecule has 1 N–H and O–H groups in total. The third-order valence-corrected chi connectivity index (χ3v) is 18.2. The Morgan fingerprint density at radius 2 is 1.15 bits per heavy atom. The van der Waals surface area contributed by atoms with Gasteiger partial charge in [0.25, 0.3) is 5.56 Å². The van der Waals surface area contributed by atoms with E-state index < -0.39 is 17.5 Å². The van der Waals surface area contributed by atoms with E-state index in [0.29, 0.717) is 113 Å². The summed E-state index contributed by atoms with van der Waals surface area (Å²) in [5, 5.41) is 12.2. The molecule has 0 aliphatic carbocycles. The van der Waals surface area contributed by atoms with Gasteiger partial charge in [-0.3, -0.25) is 39.3 Å². The fraction of sp³-hybridized carbons (Fsp3) is 0.247. The first-order valence-corrected chi connectivity index (χ1v) is 33.7. The third kappa shape index (κ3) is 16.2. The van der Waals surface area contributed by atoms with Crippen LogP contribution >= 0.6 is 0 Å². The van der Waals surface area contributed by atoms with Crippen LogP contribution in [-0.4, -0.2) is 80.3 Å². The summed E-state index contributed by atoms with van der Waals surface area (Å²) in [7, 11) is 0. The monoisotopic (exact) mass is 1320 g/mol. The van der Waals surface area contributed by atoms with Gasteiger partial charge in [0.1, 0.15) is 30.5 Å². The van der Waals surface area contributed by atoms with Gasteiger partial charge in [-0.25, -0.2) is 14.6 Å². The van der Waals surface area contributed by atoms with Gasteiger partial charge in [0, 0.05) is 93.7 Å². The maximum absolute atomic E-state index is 14.6. The van der Waals surface area contributed by atoms with Gasteiger partial charge in [0.05, 0.1) is 70.4 Å². The second-order valence-electron chi connectivity index (χ2n) is 25.2. The average molecular weight is 1320 g/mol. The predicted octanol–water partition coefficient (Wildman–Crippen LogP) is 12.9. The quantitative estimate of drug-likeness (QED) is 0.0263. The minimum Gasteiger partial charge on any atom is -0.494 e. The summed E-state index contributed by atoms with van der Waals surface area (Å²) < 4.78 is 25.7. The number of hydrogen-bond donors (Lipinski definition) is 1. The molecular weight excluding hydrogens is 1240 g/mol. The van der Waals surface area contributed by atoms with Crippen molar-refractivity contribution in [1.82, 2.24) is 44.2 Å². The van der Waals surface area contributed by atoms with E-state index in [1.165, 1.54) is 0 Å². The molecule has 0 saturated heterocycles. The number of carbonyl (C=O) groups excluding carboxylic acids is 3. The van der Waals surface area contributed by atoms with Crippen LogP contribution in [0, 0.1) is 0 Å². The van der Waals surface area contributed by atoms with Gasteiger partial charge < -0.3 is 33.5 Å². The fourth-order valence-electron chi connectivity index (χ4n) is 13.1. The van der Waals surface area contributed by atoms with Crippen molar-refractivity contribution in [3.63, 3.8) is 0 Å². The molecule has 0 spiro atoms. The zero-order chi connectivity index (χ0) is 68.1. The van der Waals surface area contributed by atoms with Crippen LogP contribution in [0.25, 0.3) is 22.3 Å². The van der Waals surface area contributed by atoms with Crippen LogP contribution in [0.15, 0.2) is 224 Å². The maximum Gasteiger partial charge on any atom is 0.343 e. The molecule has 2 aliphatic heterocycles. The summed E-state index contributed by atoms with van der Waals surface area (Å²) in [5.74, 6) is 0.377. The molecule has 6 aromatic heterocycles. The largest absolute Gasteiger partial charge is 0.494 e. The van der Waals surface area contributed by atoms with Crippen molar-refractivity contribution in [3.05, 3.63) is 308 Å². The number of carbonyl (C=O) groups is 3. The number of pyridine rings is 6. The Labute approximate surface area is 575 Å². The van der Waals surface area contributed by atoms with Gasteiger partial charge in [0.15, 0.2) is 5.60 Å². The van der Waals surface area contributed by atoms with E-state index in [2.05, 4.69) is 47.9 Å². The molecule has 1 amide bonds. The van der Waals surface area contributed by atoms with Crippen LogP contribution in [0.3, 0.4) is 0 Å². The molecule has 0 saturated carbocycles. The van der Waals surface area contributed by atoms with Gasteiger partial charge >= 0.3 is 11.9 Å². The molecule has 5 aromatic carbocycles. The topological polar surface area (TPSA) is 205 Å². The number of aromatic nitrogens is 6. The summed E-state index contributed by atoms with van der Waals surface area (Å²) in [5.41, 5.74) is 10.8. The highest BCUT2D eigenvalue weighted by Crippen LogP contribution is 2.41. The molecule has 0 radical (unpaired) electrons. The number of aliphatic hydroxyl groups is 1. The van der Waals surface area contributed by atoms with Crippen molar-refractivity contribution in [2.24, 2.45) is 0 Å². The van der Waals surface area contributed by atoms with Crippen molar-refractivity contribution < 1.29 is 38.4 Å². The number of benzene rings is 5. The molecule has 11 aromatic rings. The molecule has 1 atom stereocenters. The molecule has 18 nitrogen and oxygen atoms in total. The Morgan fingerprint density at radius 3 is 1.73 bits per heavy atom. The number of esters is 2. The molecule has 0 bridgehead atoms. The standard InChI is InChI=1S/C81H77N9O9/c1-3-69-70-44-67(32-33-74(70)86-77-71(69)53-90-75(77)45-73-72(78(90)92)55-98-80(94)81(73,95)4-2)99-79(93)61-28-24-56(25-29-61)43-76(91)89(48-57-26-30-66(31-27-57)97-54-58-18-6-5-7-19-58)38-16-17-39-96-68-41-59(46-87(49-62-20-8-12-34-82-62)50-63-21-9-13-35-83-63)40-60(42-68)47-88(51-64-22-10-14-36-84-64)52-65-23-11-15-37-85-65/h5-15,18-37,40-42,44-45,95H,3-4,16-17,38-39,43,46-55H2,1-2H3/t81-/m0/s1. The zero-order valence-electron chi connectivity index (χ0n) is 55.5. The van der Waals surface area contributed by atoms with Gasteiger partial charge in [-0.15, -0.1) is 0 Å². The number of nitrogens with zero attached hydrogens (tertiary/aromatic N) is 9. The second kappa shape index (κ2) is 31.0. The van der Waals surface area contributed by atoms with Crippen LogP contribution in [0.5, 0.6) is 17.2 Å². The van der Waals surface area contributed by atoms with Crippen LogP contribution in [0.1, 0.15) is 116 Å². The summed E-state index contributed by atoms with van der Waals surface area (Å²) in [4.78, 5) is 85.6. The lowest BCUT2D eigenvalue weighted by Gasteiger charge is -2.31. The van der Waals surface area contributed by atoms with E-state index >= 15 is 0 Å². The molecule has 0 fully saturated rings. The highest BCUT2D eigenvalue weighted by atomic mass is 16.6. The highest BCUT2D eigenvalue weighted by Gasteiger charge is 2.45. The van der Waals surface area contributed by atoms with E-state index in [4.69, 9.17) is 23.9 Å². The number of hydrogen-bond acceptors (Lipinski definition) is 16. The molecule has 99 heavy (non-hydrogen) atoms. The lowest BCUT2D eigenvalue weighted by atomic mass is 9.86. The molecule has 500 valence electrons. The van der Waals surface area contributed by atoms with E-state index in [1.807, 2.05) is 164 Å². The van der Waals surface area contributed by atoms with Gasteiger partial charge in [-0.1, -0.05) is 98.8 Å². The number of amides is 1. The van der Waals surface area contributed by atoms with E-state index in [9.17, 15) is 24.3 Å². The maximum atomic E-state index is 14.6. The Kier molecular flexibility index (Phi) is 20.8. The fourth-order valence-corrected chi connectivity index (χ4v) is 13.1. The van der Waals surface area contributed by atoms with Crippen molar-refractivity contribution in [2.45, 2.75) is 117 Å². The van der Waals surface area contributed by atoms with E-state index in [0.717, 1.165) is 78.6 Å². The lowest BCUT2D eigenvalue weighted by Crippen LogP contribution is -2.44. The van der Waals surface area contributed by atoms with Crippen molar-refractivity contribution in [1.29, 1.82) is 0 Å². The van der Waals surface area contributed by atoms with Crippen LogP contribution in [0.2, 0.25) is 0 Å². The minimum atomic E-state index is -1.94. The van der Waals surface area contributed by atoms with Crippen molar-refractivity contribution in [3.8, 4) is 28.6 Å². The summed E-state index contributed by atoms with van der Waals surface area (Å²) >= 11 is 0. The number of ether oxygens (including phenoxy) is 4. The number of cyclic esters (lactones) is 1. The average Bonchev–Trinajstić information content (AvgIpc) is 1.61. The van der Waals surface area contributed by atoms with Crippen LogP contribution < -0.4 is 19.8 Å². The molecule has 13 rings (SSSR count). The third-order valence-electron chi connectivity index (χ3n) is 18.2. The second-order valence-corrected chi connectivity index (χ2v) is 25.2. The Bertz CT molecular complexity index is 4490. The Balaban J connectivity index is 0.699. The Morgan fingerprint density at radius 1 is 0.566 bits per heavy atom. The zero-order valence-corrected chi connectivity index (χ0v) is 55.5. The molecule has 8 heterocycles. The van der Waals surface area contributed by atoms with Crippen LogP contribution in [-0.2, 0) is 98.3 Å². The minimum absolute atomic E-state index is 0.0431. The van der Waals surface area contributed by atoms with Gasteiger partial charge in [0.2, 0.25) is 5.91 Å². The van der Waals surface area contributed by atoms with E-state index in [1.54, 1.807) is 60.0 Å². The summed E-state index contributed by atoms with van der Waals surface area (Å²) in [6, 6.07) is 62.3. The summed E-state index contributed by atoms with van der Waals surface area (Å²) in [6.07, 6.45) is 9.37. The lowest BCUT2D eigenvalue weighted by molar-refractivity contribution is -0.172. The van der Waals surface area contributed by atoms with Crippen LogP contribution in [0.4, 0.5) is 0 Å². The van der Waals surface area contributed by atoms with Gasteiger partial charge in [-0.05, 0) is 168 Å². The van der Waals surface area contributed by atoms with Gasteiger partial charge in [-0.2, -0.15) is 0 Å². The SMILES string of the molecule is CCc1c2c(nc3ccc(OC(=O)c4ccc(CC(=O)N(CCCCOc5cc(CN(Cc6ccccn6)Cc6ccccn6)cc(CN(Cc6ccccn6)Cc6ccccn6)c5)Cc5ccc(OCc6ccccc6)cc5)cc4)cc13)-c1cc3c(c(=O)n1C2)COC(=O)[C@]3(O)CC. The Hall–Kier alpha value is -11.1. The molecule has 2 aliphatic rings. The van der Waals surface area contributed by atoms with Crippen molar-refractivity contribution in [2.75, 3.05) is 13.2 Å². The summed E-state index contributed by atoms with van der Waals surface area (Å²) in [6.45, 7) is 9.08. The number of unbranched alkanes of at least 4 members (excludes halogenated alkanes) is 1. The smallest absolute Gasteiger partial charge is 0.343 e. The molecular formula is C81H77N9O9. The number of aryl methyl sites for hydroxylation is 1. The first-order valence-electron chi connectivity index (χ1n) is 33.7. The number of fused-ring (bicyclic) bond motifs is 5. The van der Waals surface area contributed by atoms with Crippen molar-refractivity contribution >= 4 is 28.7 Å². The first kappa shape index (κ1) is 66.6. The number of rotatable bonds is 29. The predicted molar refractivity (Wildman–Crippen MR) is 376 cm³/mol. The first-order chi connectivity index (χ1) is 48.4.